The van der Waals surface area contributed by atoms with Gasteiger partial charge in [0, 0.05) is 21.9 Å². The Morgan fingerprint density at radius 1 is 0.155 bits per heavy atom. The van der Waals surface area contributed by atoms with Gasteiger partial charge in [-0.1, -0.05) is 303 Å². The third kappa shape index (κ3) is 7.83. The van der Waals surface area contributed by atoms with E-state index in [0.717, 1.165) is 27.8 Å². The SMILES string of the molecule is c1ccc(-c2cc(-c3ccc4c(c3)c3cc(-c5cc(-c6ccccc6)c6c(c5-c5ccccc5)-c5cccc7cccc-6c57)ccc3n4-c3cc(-c4ccccc4)c4c(c3-c3ccccc3)-c3cccc5cccc-4c35)c(-c3ccccc3)c3c2-c2cccc4cccc-3c24)cc1. The molecule has 0 saturated heterocycles. The van der Waals surface area contributed by atoms with Crippen molar-refractivity contribution in [2.45, 2.75) is 0 Å². The van der Waals surface area contributed by atoms with Crippen LogP contribution >= 0.6 is 0 Å². The molecule has 0 atom stereocenters. The van der Waals surface area contributed by atoms with Gasteiger partial charge in [0.25, 0.3) is 0 Å². The Morgan fingerprint density at radius 2 is 0.423 bits per heavy atom. The van der Waals surface area contributed by atoms with Crippen molar-refractivity contribution < 1.29 is 0 Å². The van der Waals surface area contributed by atoms with Gasteiger partial charge in [-0.3, -0.25) is 0 Å². The molecule has 3 aliphatic carbocycles. The second-order valence-electron chi connectivity index (χ2n) is 26.4. The van der Waals surface area contributed by atoms with Gasteiger partial charge in [0.1, 0.15) is 0 Å². The Hall–Kier alpha value is -12.7. The first kappa shape index (κ1) is 53.8. The molecule has 0 saturated carbocycles. The monoisotopic (exact) mass is 1220 g/mol. The number of hydrogen-bond donors (Lipinski definition) is 0. The minimum absolute atomic E-state index is 1.13. The van der Waals surface area contributed by atoms with Gasteiger partial charge in [0.05, 0.1) is 16.7 Å². The van der Waals surface area contributed by atoms with Crippen molar-refractivity contribution >= 4 is 54.1 Å². The zero-order valence-electron chi connectivity index (χ0n) is 52.9. The second kappa shape index (κ2) is 20.9. The molecule has 0 radical (unpaired) electrons. The molecule has 0 bridgehead atoms. The van der Waals surface area contributed by atoms with Crippen LogP contribution in [0.5, 0.6) is 0 Å². The summed E-state index contributed by atoms with van der Waals surface area (Å²) < 4.78 is 2.62. The maximum absolute atomic E-state index is 2.62. The molecular weight excluding hydrogens is 1170 g/mol. The Kier molecular flexibility index (Phi) is 11.6. The average Bonchev–Trinajstić information content (AvgIpc) is 1.57. The third-order valence-electron chi connectivity index (χ3n) is 21.4. The van der Waals surface area contributed by atoms with E-state index in [-0.39, 0.29) is 0 Å². The fraction of sp³-hybridized carbons (Fsp3) is 0. The number of aromatic nitrogens is 1. The van der Waals surface area contributed by atoms with Gasteiger partial charge < -0.3 is 4.57 Å². The van der Waals surface area contributed by atoms with Crippen LogP contribution in [0.3, 0.4) is 0 Å². The van der Waals surface area contributed by atoms with Gasteiger partial charge >= 0.3 is 0 Å². The highest BCUT2D eigenvalue weighted by Gasteiger charge is 2.35. The number of rotatable bonds is 9. The third-order valence-corrected chi connectivity index (χ3v) is 21.4. The molecule has 97 heavy (non-hydrogen) atoms. The molecule has 18 aromatic rings. The summed E-state index contributed by atoms with van der Waals surface area (Å²) >= 11 is 0. The summed E-state index contributed by atoms with van der Waals surface area (Å²) in [6.45, 7) is 0. The standard InChI is InChI=1S/C96H57N/c1-7-25-58(26-8-1)75-55-77(88(64-31-13-4-14-32-64)94-72-46-22-40-61-37-19-43-69(85(61)72)91(75)94)67-49-51-82-80(53-67)81-54-68(78-56-76(59-27-9-2-10-28-59)92-70-44-20-38-62-41-23-47-73(86(62)70)95(92)89(78)65-33-15-5-16-34-65)50-52-83(81)97(82)84-57-79(60-29-11-3-12-30-60)93-71-45-21-39-63-42-24-48-74(87(63)71)96(93)90(84)66-35-17-6-18-36-66/h1-57H. The van der Waals surface area contributed by atoms with E-state index in [4.69, 9.17) is 0 Å². The van der Waals surface area contributed by atoms with Gasteiger partial charge in [-0.15, -0.1) is 0 Å². The van der Waals surface area contributed by atoms with E-state index < -0.39 is 0 Å². The van der Waals surface area contributed by atoms with Gasteiger partial charge in [-0.2, -0.15) is 0 Å². The maximum atomic E-state index is 2.62. The molecule has 0 aliphatic heterocycles. The van der Waals surface area contributed by atoms with Crippen molar-refractivity contribution in [3.8, 4) is 161 Å². The number of fused-ring (bicyclic) bond motifs is 12. The first-order valence-electron chi connectivity index (χ1n) is 33.8. The summed E-state index contributed by atoms with van der Waals surface area (Å²) in [4.78, 5) is 0. The smallest absolute Gasteiger partial charge is 0.0553 e. The van der Waals surface area contributed by atoms with Crippen LogP contribution < -0.4 is 0 Å². The molecule has 0 N–H and O–H groups in total. The Labute approximate surface area is 562 Å². The first-order valence-corrected chi connectivity index (χ1v) is 33.8. The van der Waals surface area contributed by atoms with Crippen LogP contribution in [0.4, 0.5) is 0 Å². The number of nitrogens with zero attached hydrogens (tertiary/aromatic N) is 1. The van der Waals surface area contributed by atoms with Crippen molar-refractivity contribution in [3.63, 3.8) is 0 Å². The van der Waals surface area contributed by atoms with Crippen LogP contribution in [0.1, 0.15) is 0 Å². The molecule has 446 valence electrons. The highest BCUT2D eigenvalue weighted by molar-refractivity contribution is 6.27. The summed E-state index contributed by atoms with van der Waals surface area (Å²) in [5.41, 5.74) is 37.9. The quantitative estimate of drug-likeness (QED) is 0.136. The van der Waals surface area contributed by atoms with Gasteiger partial charge in [0.2, 0.25) is 0 Å². The fourth-order valence-corrected chi connectivity index (χ4v) is 17.4. The molecule has 1 heteroatoms. The van der Waals surface area contributed by atoms with Crippen LogP contribution in [-0.4, -0.2) is 4.57 Å². The normalized spacial score (nSPS) is 12.1. The minimum atomic E-state index is 1.13. The van der Waals surface area contributed by atoms with Crippen molar-refractivity contribution in [2.24, 2.45) is 0 Å². The summed E-state index contributed by atoms with van der Waals surface area (Å²) in [7, 11) is 0. The summed E-state index contributed by atoms with van der Waals surface area (Å²) in [6.07, 6.45) is 0. The van der Waals surface area contributed by atoms with E-state index in [1.54, 1.807) is 0 Å². The van der Waals surface area contributed by atoms with Crippen molar-refractivity contribution in [1.29, 1.82) is 0 Å². The van der Waals surface area contributed by atoms with Crippen LogP contribution in [0, 0.1) is 0 Å². The molecule has 0 unspecified atom stereocenters. The molecule has 0 fully saturated rings. The zero-order chi connectivity index (χ0) is 63.4. The van der Waals surface area contributed by atoms with E-state index in [1.807, 2.05) is 0 Å². The van der Waals surface area contributed by atoms with Crippen molar-refractivity contribution in [2.75, 3.05) is 0 Å². The Morgan fingerprint density at radius 3 is 0.753 bits per heavy atom. The minimum Gasteiger partial charge on any atom is -0.309 e. The van der Waals surface area contributed by atoms with Crippen LogP contribution in [0.25, 0.3) is 216 Å². The predicted octanol–water partition coefficient (Wildman–Crippen LogP) is 26.5. The lowest BCUT2D eigenvalue weighted by atomic mass is 9.82. The largest absolute Gasteiger partial charge is 0.309 e. The van der Waals surface area contributed by atoms with Crippen LogP contribution in [-0.2, 0) is 0 Å². The fourth-order valence-electron chi connectivity index (χ4n) is 17.4. The first-order chi connectivity index (χ1) is 48.2. The van der Waals surface area contributed by atoms with Crippen molar-refractivity contribution in [3.05, 3.63) is 346 Å². The molecular formula is C96H57N. The van der Waals surface area contributed by atoms with Crippen LogP contribution in [0.15, 0.2) is 346 Å². The van der Waals surface area contributed by atoms with Gasteiger partial charge in [0.15, 0.2) is 0 Å². The van der Waals surface area contributed by atoms with Crippen LogP contribution in [0.2, 0.25) is 0 Å². The zero-order valence-corrected chi connectivity index (χ0v) is 52.9. The molecule has 3 aliphatic rings. The highest BCUT2D eigenvalue weighted by Crippen LogP contribution is 2.61. The summed E-state index contributed by atoms with van der Waals surface area (Å²) in [6, 6.07) is 130. The lowest BCUT2D eigenvalue weighted by Gasteiger charge is -2.23. The Bertz CT molecular complexity index is 6070. The number of benzene rings is 17. The van der Waals surface area contributed by atoms with Gasteiger partial charge in [-0.05, 0) is 219 Å². The topological polar surface area (TPSA) is 4.93 Å². The molecule has 21 rings (SSSR count). The molecule has 1 nitrogen and oxygen atoms in total. The number of hydrogen-bond acceptors (Lipinski definition) is 0. The van der Waals surface area contributed by atoms with E-state index in [0.29, 0.717) is 0 Å². The molecule has 0 amide bonds. The highest BCUT2D eigenvalue weighted by atomic mass is 15.0. The average molecular weight is 1220 g/mol. The van der Waals surface area contributed by atoms with E-state index in [9.17, 15) is 0 Å². The Balaban J connectivity index is 0.915. The van der Waals surface area contributed by atoms with Crippen molar-refractivity contribution in [1.82, 2.24) is 4.57 Å². The van der Waals surface area contributed by atoms with E-state index in [2.05, 4.69) is 350 Å². The summed E-state index contributed by atoms with van der Waals surface area (Å²) in [5, 5.41) is 10.0. The predicted molar refractivity (Wildman–Crippen MR) is 410 cm³/mol. The molecule has 1 aromatic heterocycles. The molecule has 0 spiro atoms. The second-order valence-corrected chi connectivity index (χ2v) is 26.4. The lowest BCUT2D eigenvalue weighted by Crippen LogP contribution is -2.01. The lowest BCUT2D eigenvalue weighted by molar-refractivity contribution is 1.18. The van der Waals surface area contributed by atoms with E-state index >= 15 is 0 Å². The summed E-state index contributed by atoms with van der Waals surface area (Å²) in [5.74, 6) is 0. The maximum Gasteiger partial charge on any atom is 0.0553 e. The van der Waals surface area contributed by atoms with Gasteiger partial charge in [-0.25, -0.2) is 0 Å². The molecule has 17 aromatic carbocycles. The molecule has 1 heterocycles. The van der Waals surface area contributed by atoms with E-state index in [1.165, 1.54) is 188 Å².